The molecule has 0 spiro atoms. The number of nitrogens with zero attached hydrogens (tertiary/aromatic N) is 1. The molecule has 0 aromatic heterocycles. The van der Waals surface area contributed by atoms with Gasteiger partial charge in [-0.25, -0.2) is 13.1 Å². The van der Waals surface area contributed by atoms with Crippen LogP contribution in [0.4, 0.5) is 0 Å². The lowest BCUT2D eigenvalue weighted by Gasteiger charge is -2.22. The van der Waals surface area contributed by atoms with Crippen molar-refractivity contribution >= 4 is 32.5 Å². The van der Waals surface area contributed by atoms with E-state index in [9.17, 15) is 13.2 Å². The van der Waals surface area contributed by atoms with Gasteiger partial charge in [0.2, 0.25) is 10.0 Å². The first-order chi connectivity index (χ1) is 21.8. The van der Waals surface area contributed by atoms with Crippen molar-refractivity contribution in [1.29, 1.82) is 0 Å². The molecule has 2 aliphatic rings. The van der Waals surface area contributed by atoms with Gasteiger partial charge in [-0.15, -0.1) is 13.2 Å². The summed E-state index contributed by atoms with van der Waals surface area (Å²) in [4.78, 5) is 16.4. The predicted molar refractivity (Wildman–Crippen MR) is 208 cm³/mol. The number of carbonyl (C=O) groups excluding carboxylic acids is 1. The van der Waals surface area contributed by atoms with Crippen LogP contribution in [0.3, 0.4) is 0 Å². The molecule has 0 bridgehead atoms. The highest BCUT2D eigenvalue weighted by atomic mass is 32.2. The Morgan fingerprint density at radius 2 is 1.38 bits per heavy atom. The van der Waals surface area contributed by atoms with Gasteiger partial charge in [0.05, 0.1) is 16.9 Å². The van der Waals surface area contributed by atoms with Crippen LogP contribution >= 0.6 is 0 Å². The zero-order valence-electron chi connectivity index (χ0n) is 31.6. The summed E-state index contributed by atoms with van der Waals surface area (Å²) in [6.45, 7) is 30.6. The zero-order valence-corrected chi connectivity index (χ0v) is 32.4. The molecule has 4 rings (SSSR count). The molecule has 0 heterocycles. The van der Waals surface area contributed by atoms with E-state index in [4.69, 9.17) is 9.57 Å². The molecule has 2 aromatic rings. The molecule has 2 aliphatic carbocycles. The number of hydrogen-bond donors (Lipinski definition) is 1. The minimum absolute atomic E-state index is 0. The minimum Gasteiger partial charge on any atom is -0.462 e. The number of hydrogen-bond acceptors (Lipinski definition) is 6. The lowest BCUT2D eigenvalue weighted by atomic mass is 9.84. The standard InChI is InChI=1S/C15H17NO.C9H16O2.C7H16.C6H13NO2S.C2H4.CH4/c1-11(2)17-16-12(3)14-10-6-8-13-7-4-5-9-15(13)14;1-7(2)9(10)11-8-5-3-4-6-8;1-6(2)7(3,4)5;1-5(2)7-10(8,9)6-3-4-6;1-2;/h4-11H,1-3H3;7-8H,3-6H2,1-2H3;6H,1-5H3;5-7H,3-4H2,1-2H3;1-2H2;1H4/b16-12+;;;;;. The lowest BCUT2D eigenvalue weighted by molar-refractivity contribution is -0.152. The number of nitrogens with one attached hydrogen (secondary N) is 1. The average Bonchev–Trinajstić information content (AvgIpc) is 3.75. The van der Waals surface area contributed by atoms with E-state index in [0.29, 0.717) is 5.41 Å². The Kier molecular flexibility index (Phi) is 23.3. The van der Waals surface area contributed by atoms with Gasteiger partial charge in [-0.1, -0.05) is 104 Å². The SMILES string of the molecule is C.C/C(=N\OC(C)C)c1cccc2ccccc12.C=C.CC(C)C(=O)OC1CCCC1.CC(C)C(C)(C)C.CC(C)NS(=O)(=O)C1CC1. The van der Waals surface area contributed by atoms with Gasteiger partial charge in [0.15, 0.2) is 0 Å². The van der Waals surface area contributed by atoms with Crippen molar-refractivity contribution < 1.29 is 22.8 Å². The molecule has 0 amide bonds. The Hall–Kier alpha value is -2.71. The zero-order chi connectivity index (χ0) is 36.4. The number of carbonyl (C=O) groups is 1. The molecule has 2 saturated carbocycles. The third kappa shape index (κ3) is 20.0. The van der Waals surface area contributed by atoms with Gasteiger partial charge < -0.3 is 9.57 Å². The van der Waals surface area contributed by atoms with Gasteiger partial charge in [-0.05, 0) is 95.2 Å². The fourth-order valence-electron chi connectivity index (χ4n) is 3.88. The summed E-state index contributed by atoms with van der Waals surface area (Å²) in [5.74, 6) is 0.778. The summed E-state index contributed by atoms with van der Waals surface area (Å²) in [7, 11) is -2.94. The van der Waals surface area contributed by atoms with Crippen LogP contribution in [0, 0.1) is 17.3 Å². The fourth-order valence-corrected chi connectivity index (χ4v) is 5.49. The number of sulfonamides is 1. The highest BCUT2D eigenvalue weighted by Crippen LogP contribution is 2.27. The molecule has 1 N–H and O–H groups in total. The number of benzene rings is 2. The Morgan fingerprint density at radius 1 is 0.875 bits per heavy atom. The minimum atomic E-state index is -2.94. The molecule has 2 aromatic carbocycles. The molecular formula is C40H70N2O5S. The summed E-state index contributed by atoms with van der Waals surface area (Å²) in [6, 6.07) is 14.6. The topological polar surface area (TPSA) is 94.1 Å². The van der Waals surface area contributed by atoms with Crippen LogP contribution in [0.15, 0.2) is 60.8 Å². The number of oxime groups is 1. The highest BCUT2D eigenvalue weighted by Gasteiger charge is 2.35. The summed E-state index contributed by atoms with van der Waals surface area (Å²) < 4.78 is 30.0. The summed E-state index contributed by atoms with van der Waals surface area (Å²) in [5, 5.41) is 6.51. The summed E-state index contributed by atoms with van der Waals surface area (Å²) in [5.41, 5.74) is 2.54. The van der Waals surface area contributed by atoms with Crippen LogP contribution < -0.4 is 4.72 Å². The first-order valence-corrected chi connectivity index (χ1v) is 18.8. The van der Waals surface area contributed by atoms with E-state index in [1.807, 2.05) is 66.7 Å². The van der Waals surface area contributed by atoms with Crippen LogP contribution in [-0.4, -0.2) is 43.6 Å². The second-order valence-corrected chi connectivity index (χ2v) is 16.4. The van der Waals surface area contributed by atoms with Crippen molar-refractivity contribution in [2.24, 2.45) is 22.4 Å². The van der Waals surface area contributed by atoms with Crippen molar-refractivity contribution in [3.05, 3.63) is 61.2 Å². The smallest absolute Gasteiger partial charge is 0.308 e. The predicted octanol–water partition coefficient (Wildman–Crippen LogP) is 10.7. The monoisotopic (exact) mass is 691 g/mol. The number of rotatable bonds is 8. The third-order valence-corrected chi connectivity index (χ3v) is 9.88. The van der Waals surface area contributed by atoms with Crippen molar-refractivity contribution in [3.8, 4) is 0 Å². The van der Waals surface area contributed by atoms with E-state index in [2.05, 4.69) is 81.9 Å². The van der Waals surface area contributed by atoms with E-state index < -0.39 is 10.0 Å². The first kappa shape index (κ1) is 47.4. The van der Waals surface area contributed by atoms with Gasteiger partial charge in [0.25, 0.3) is 0 Å². The highest BCUT2D eigenvalue weighted by molar-refractivity contribution is 7.90. The van der Waals surface area contributed by atoms with Crippen LogP contribution in [0.2, 0.25) is 0 Å². The van der Waals surface area contributed by atoms with Crippen molar-refractivity contribution in [2.75, 3.05) is 0 Å². The maximum atomic E-state index is 11.1. The van der Waals surface area contributed by atoms with Gasteiger partial charge in [0, 0.05) is 11.6 Å². The van der Waals surface area contributed by atoms with Gasteiger partial charge in [0.1, 0.15) is 12.2 Å². The van der Waals surface area contributed by atoms with Crippen LogP contribution in [-0.2, 0) is 24.4 Å². The molecule has 0 saturated heterocycles. The van der Waals surface area contributed by atoms with E-state index in [-0.39, 0.29) is 42.8 Å². The Labute approximate surface area is 295 Å². The summed E-state index contributed by atoms with van der Waals surface area (Å²) >= 11 is 0. The molecule has 0 aliphatic heterocycles. The Morgan fingerprint density at radius 3 is 1.81 bits per heavy atom. The molecule has 276 valence electrons. The fraction of sp³-hybridized carbons (Fsp3) is 0.650. The van der Waals surface area contributed by atoms with Gasteiger partial charge in [-0.3, -0.25) is 4.79 Å². The Balaban J connectivity index is 0. The molecule has 8 heteroatoms. The molecule has 48 heavy (non-hydrogen) atoms. The van der Waals surface area contributed by atoms with Crippen molar-refractivity contribution in [2.45, 2.75) is 153 Å². The largest absolute Gasteiger partial charge is 0.462 e. The van der Waals surface area contributed by atoms with Gasteiger partial charge in [-0.2, -0.15) is 0 Å². The van der Waals surface area contributed by atoms with E-state index in [0.717, 1.165) is 42.9 Å². The molecule has 0 unspecified atom stereocenters. The molecule has 0 atom stereocenters. The summed E-state index contributed by atoms with van der Waals surface area (Å²) in [6.07, 6.45) is 6.58. The second kappa shape index (κ2) is 23.6. The maximum absolute atomic E-state index is 11.1. The average molecular weight is 691 g/mol. The molecule has 2 fully saturated rings. The van der Waals surface area contributed by atoms with Crippen LogP contribution in [0.5, 0.6) is 0 Å². The first-order valence-electron chi connectivity index (χ1n) is 17.2. The number of fused-ring (bicyclic) bond motifs is 1. The van der Waals surface area contributed by atoms with Crippen molar-refractivity contribution in [1.82, 2.24) is 4.72 Å². The van der Waals surface area contributed by atoms with Crippen LogP contribution in [0.25, 0.3) is 10.8 Å². The molecule has 0 radical (unpaired) electrons. The molecular weight excluding hydrogens is 621 g/mol. The van der Waals surface area contributed by atoms with Crippen LogP contribution in [0.1, 0.15) is 135 Å². The maximum Gasteiger partial charge on any atom is 0.308 e. The second-order valence-electron chi connectivity index (χ2n) is 14.4. The van der Waals surface area contributed by atoms with Crippen molar-refractivity contribution in [3.63, 3.8) is 0 Å². The Bertz CT molecular complexity index is 1300. The van der Waals surface area contributed by atoms with E-state index in [1.54, 1.807) is 0 Å². The quantitative estimate of drug-likeness (QED) is 0.129. The van der Waals surface area contributed by atoms with Gasteiger partial charge >= 0.3 is 5.97 Å². The number of esters is 1. The molecule has 7 nitrogen and oxygen atoms in total. The lowest BCUT2D eigenvalue weighted by Crippen LogP contribution is -2.32. The van der Waals surface area contributed by atoms with E-state index in [1.165, 1.54) is 23.6 Å². The number of ether oxygens (including phenoxy) is 1. The normalized spacial score (nSPS) is 14.8. The van der Waals surface area contributed by atoms with E-state index >= 15 is 0 Å². The third-order valence-electron chi connectivity index (χ3n) is 7.73.